The Balaban J connectivity index is 2.13. The van der Waals surface area contributed by atoms with E-state index in [-0.39, 0.29) is 0 Å². The molecule has 3 N–H and O–H groups in total. The smallest absolute Gasteiger partial charge is 0.106 e. The second kappa shape index (κ2) is 5.46. The molecule has 0 bridgehead atoms. The topological polar surface area (TPSA) is 50.9 Å². The van der Waals surface area contributed by atoms with Crippen molar-refractivity contribution in [1.82, 2.24) is 4.98 Å². The molecule has 0 saturated heterocycles. The maximum atomic E-state index is 5.68. The van der Waals surface area contributed by atoms with Crippen LogP contribution in [0.4, 0.5) is 5.69 Å². The lowest BCUT2D eigenvalue weighted by atomic mass is 10.2. The fourth-order valence-corrected chi connectivity index (χ4v) is 2.84. The number of thiophene rings is 1. The van der Waals surface area contributed by atoms with Crippen LogP contribution in [0, 0.1) is 13.8 Å². The summed E-state index contributed by atoms with van der Waals surface area (Å²) in [6.45, 7) is 5.02. The monoisotopic (exact) mass is 277 g/mol. The molecule has 0 amide bonds. The average molecular weight is 277 g/mol. The van der Waals surface area contributed by atoms with Crippen LogP contribution in [0.3, 0.4) is 0 Å². The molecular formula is C13H15N3S2. The second-order valence-electron chi connectivity index (χ2n) is 4.09. The lowest BCUT2D eigenvalue weighted by Crippen LogP contribution is -2.13. The van der Waals surface area contributed by atoms with Gasteiger partial charge in [-0.25, -0.2) is 0 Å². The van der Waals surface area contributed by atoms with E-state index in [1.54, 1.807) is 23.7 Å². The number of nitrogens with zero attached hydrogens (tertiary/aromatic N) is 1. The first-order valence-electron chi connectivity index (χ1n) is 5.61. The third-order valence-electron chi connectivity index (χ3n) is 2.76. The SMILES string of the molecule is Cc1cc(CNc2cnccc2C(N)=S)sc1C. The molecular weight excluding hydrogens is 262 g/mol. The van der Waals surface area contributed by atoms with Gasteiger partial charge in [-0.1, -0.05) is 12.2 Å². The van der Waals surface area contributed by atoms with E-state index in [4.69, 9.17) is 18.0 Å². The number of hydrogen-bond donors (Lipinski definition) is 2. The molecule has 0 radical (unpaired) electrons. The minimum Gasteiger partial charge on any atom is -0.389 e. The highest BCUT2D eigenvalue weighted by atomic mass is 32.1. The quantitative estimate of drug-likeness (QED) is 0.844. The van der Waals surface area contributed by atoms with Crippen LogP contribution < -0.4 is 11.1 Å². The summed E-state index contributed by atoms with van der Waals surface area (Å²) in [6.07, 6.45) is 3.45. The Morgan fingerprint density at radius 3 is 2.89 bits per heavy atom. The molecule has 0 aliphatic heterocycles. The van der Waals surface area contributed by atoms with Crippen molar-refractivity contribution in [3.63, 3.8) is 0 Å². The van der Waals surface area contributed by atoms with Crippen molar-refractivity contribution in [2.75, 3.05) is 5.32 Å². The molecule has 0 fully saturated rings. The van der Waals surface area contributed by atoms with Crippen LogP contribution in [0.25, 0.3) is 0 Å². The molecule has 18 heavy (non-hydrogen) atoms. The second-order valence-corrected chi connectivity index (χ2v) is 5.87. The molecule has 0 aliphatic carbocycles. The number of rotatable bonds is 4. The van der Waals surface area contributed by atoms with Crippen molar-refractivity contribution in [1.29, 1.82) is 0 Å². The van der Waals surface area contributed by atoms with Crippen molar-refractivity contribution in [3.05, 3.63) is 45.4 Å². The number of aromatic nitrogens is 1. The molecule has 2 aromatic heterocycles. The molecule has 2 rings (SSSR count). The molecule has 2 aromatic rings. The van der Waals surface area contributed by atoms with Crippen LogP contribution >= 0.6 is 23.6 Å². The molecule has 0 unspecified atom stereocenters. The molecule has 94 valence electrons. The lowest BCUT2D eigenvalue weighted by Gasteiger charge is -2.09. The van der Waals surface area contributed by atoms with Crippen molar-refractivity contribution < 1.29 is 0 Å². The van der Waals surface area contributed by atoms with Crippen LogP contribution in [0.1, 0.15) is 20.9 Å². The summed E-state index contributed by atoms with van der Waals surface area (Å²) in [5, 5.41) is 3.33. The number of nitrogens with one attached hydrogen (secondary N) is 1. The predicted molar refractivity (Wildman–Crippen MR) is 81.2 cm³/mol. The minimum atomic E-state index is 0.387. The van der Waals surface area contributed by atoms with E-state index in [9.17, 15) is 0 Å². The fraction of sp³-hybridized carbons (Fsp3) is 0.231. The Labute approximate surface area is 116 Å². The first kappa shape index (κ1) is 13.0. The zero-order valence-corrected chi connectivity index (χ0v) is 12.0. The summed E-state index contributed by atoms with van der Waals surface area (Å²) in [4.78, 5) is 7.12. The van der Waals surface area contributed by atoms with Gasteiger partial charge < -0.3 is 11.1 Å². The Bertz CT molecular complexity index is 556. The number of aryl methyl sites for hydroxylation is 2. The van der Waals surface area contributed by atoms with Crippen LogP contribution in [-0.2, 0) is 6.54 Å². The van der Waals surface area contributed by atoms with Gasteiger partial charge in [0.25, 0.3) is 0 Å². The Kier molecular flexibility index (Phi) is 3.93. The highest BCUT2D eigenvalue weighted by molar-refractivity contribution is 7.80. The summed E-state index contributed by atoms with van der Waals surface area (Å²) < 4.78 is 0. The van der Waals surface area contributed by atoms with E-state index >= 15 is 0 Å². The first-order chi connectivity index (χ1) is 8.58. The van der Waals surface area contributed by atoms with Gasteiger partial charge in [-0.15, -0.1) is 11.3 Å². The highest BCUT2D eigenvalue weighted by Gasteiger charge is 2.06. The summed E-state index contributed by atoms with van der Waals surface area (Å²) in [7, 11) is 0. The van der Waals surface area contributed by atoms with E-state index < -0.39 is 0 Å². The molecule has 2 heterocycles. The largest absolute Gasteiger partial charge is 0.389 e. The summed E-state index contributed by atoms with van der Waals surface area (Å²) >= 11 is 6.82. The average Bonchev–Trinajstić information content (AvgIpc) is 2.66. The summed E-state index contributed by atoms with van der Waals surface area (Å²) in [6, 6.07) is 4.03. The van der Waals surface area contributed by atoms with Gasteiger partial charge in [-0.05, 0) is 31.5 Å². The molecule has 0 aliphatic rings. The van der Waals surface area contributed by atoms with Gasteiger partial charge in [0.1, 0.15) is 4.99 Å². The lowest BCUT2D eigenvalue weighted by molar-refractivity contribution is 1.17. The Hall–Kier alpha value is -1.46. The molecule has 0 atom stereocenters. The number of hydrogen-bond acceptors (Lipinski definition) is 4. The van der Waals surface area contributed by atoms with Crippen molar-refractivity contribution >= 4 is 34.2 Å². The normalized spacial score (nSPS) is 10.3. The third kappa shape index (κ3) is 2.86. The minimum absolute atomic E-state index is 0.387. The molecule has 3 nitrogen and oxygen atoms in total. The number of pyridine rings is 1. The van der Waals surface area contributed by atoms with Crippen molar-refractivity contribution in [2.45, 2.75) is 20.4 Å². The van der Waals surface area contributed by atoms with E-state index in [0.29, 0.717) is 4.99 Å². The Morgan fingerprint density at radius 1 is 1.50 bits per heavy atom. The van der Waals surface area contributed by atoms with Gasteiger partial charge in [-0.3, -0.25) is 4.98 Å². The van der Waals surface area contributed by atoms with Gasteiger partial charge in [0.2, 0.25) is 0 Å². The van der Waals surface area contributed by atoms with Gasteiger partial charge in [0, 0.05) is 28.1 Å². The molecule has 5 heteroatoms. The number of thiocarbonyl (C=S) groups is 1. The van der Waals surface area contributed by atoms with Gasteiger partial charge in [-0.2, -0.15) is 0 Å². The third-order valence-corrected chi connectivity index (χ3v) is 4.13. The zero-order chi connectivity index (χ0) is 13.1. The van der Waals surface area contributed by atoms with E-state index in [1.165, 1.54) is 15.3 Å². The van der Waals surface area contributed by atoms with Crippen LogP contribution in [0.5, 0.6) is 0 Å². The molecule has 0 spiro atoms. The maximum absolute atomic E-state index is 5.68. The summed E-state index contributed by atoms with van der Waals surface area (Å²) in [5.74, 6) is 0. The van der Waals surface area contributed by atoms with Gasteiger partial charge in [0.05, 0.1) is 11.9 Å². The van der Waals surface area contributed by atoms with E-state index in [0.717, 1.165) is 17.8 Å². The number of anilines is 1. The standard InChI is InChI=1S/C13H15N3S2/c1-8-5-10(18-9(8)2)6-16-12-7-15-4-3-11(12)13(14)17/h3-5,7,16H,6H2,1-2H3,(H2,14,17). The van der Waals surface area contributed by atoms with Crippen LogP contribution in [0.2, 0.25) is 0 Å². The van der Waals surface area contributed by atoms with Crippen LogP contribution in [-0.4, -0.2) is 9.97 Å². The van der Waals surface area contributed by atoms with Crippen molar-refractivity contribution in [2.24, 2.45) is 5.73 Å². The maximum Gasteiger partial charge on any atom is 0.106 e. The predicted octanol–water partition coefficient (Wildman–Crippen LogP) is 3.01. The first-order valence-corrected chi connectivity index (χ1v) is 6.84. The number of nitrogens with two attached hydrogens (primary N) is 1. The molecule has 0 saturated carbocycles. The van der Waals surface area contributed by atoms with Gasteiger partial charge in [0.15, 0.2) is 0 Å². The van der Waals surface area contributed by atoms with E-state index in [1.807, 2.05) is 6.07 Å². The highest BCUT2D eigenvalue weighted by Crippen LogP contribution is 2.22. The summed E-state index contributed by atoms with van der Waals surface area (Å²) in [5.41, 5.74) is 8.73. The van der Waals surface area contributed by atoms with E-state index in [2.05, 4.69) is 30.2 Å². The van der Waals surface area contributed by atoms with Gasteiger partial charge >= 0.3 is 0 Å². The molecule has 0 aromatic carbocycles. The zero-order valence-electron chi connectivity index (χ0n) is 10.4. The fourth-order valence-electron chi connectivity index (χ4n) is 1.67. The van der Waals surface area contributed by atoms with Crippen LogP contribution in [0.15, 0.2) is 24.5 Å². The Morgan fingerprint density at radius 2 is 2.28 bits per heavy atom. The van der Waals surface area contributed by atoms with Crippen molar-refractivity contribution in [3.8, 4) is 0 Å².